The Morgan fingerprint density at radius 1 is 1.41 bits per heavy atom. The lowest BCUT2D eigenvalue weighted by atomic mass is 10.1. The van der Waals surface area contributed by atoms with Gasteiger partial charge >= 0.3 is 0 Å². The molecule has 5 heteroatoms. The number of nitrogens with one attached hydrogen (secondary N) is 1. The summed E-state index contributed by atoms with van der Waals surface area (Å²) in [5.41, 5.74) is 1.01. The van der Waals surface area contributed by atoms with E-state index in [-0.39, 0.29) is 6.61 Å². The van der Waals surface area contributed by atoms with E-state index < -0.39 is 6.67 Å². The Kier molecular flexibility index (Phi) is 4.13. The Balaban J connectivity index is 2.25. The summed E-state index contributed by atoms with van der Waals surface area (Å²) < 4.78 is 17.5. The zero-order chi connectivity index (χ0) is 12.4. The third kappa shape index (κ3) is 2.84. The summed E-state index contributed by atoms with van der Waals surface area (Å²) >= 11 is 11.9. The van der Waals surface area contributed by atoms with Gasteiger partial charge in [0.05, 0.1) is 10.0 Å². The summed E-state index contributed by atoms with van der Waals surface area (Å²) in [6.45, 7) is -0.471. The Bertz CT molecular complexity index is 414. The molecule has 2 unspecified atom stereocenters. The molecule has 0 saturated heterocycles. The number of benzene rings is 1. The van der Waals surface area contributed by atoms with Crippen LogP contribution in [0.4, 0.5) is 4.39 Å². The van der Waals surface area contributed by atoms with Gasteiger partial charge in [-0.3, -0.25) is 0 Å². The van der Waals surface area contributed by atoms with E-state index >= 15 is 0 Å². The minimum absolute atomic E-state index is 0.0436. The molecule has 1 aliphatic carbocycles. The van der Waals surface area contributed by atoms with Gasteiger partial charge in [-0.25, -0.2) is 4.39 Å². The molecule has 17 heavy (non-hydrogen) atoms. The Hall–Kier alpha value is -0.510. The van der Waals surface area contributed by atoms with E-state index in [9.17, 15) is 4.39 Å². The number of rotatable bonds is 5. The summed E-state index contributed by atoms with van der Waals surface area (Å²) in [4.78, 5) is 0. The van der Waals surface area contributed by atoms with Crippen LogP contribution in [-0.2, 0) is 0 Å². The molecule has 1 aliphatic rings. The van der Waals surface area contributed by atoms with Gasteiger partial charge in [-0.15, -0.1) is 0 Å². The van der Waals surface area contributed by atoms with E-state index in [1.54, 1.807) is 6.07 Å². The van der Waals surface area contributed by atoms with Crippen molar-refractivity contribution in [3.63, 3.8) is 0 Å². The lowest BCUT2D eigenvalue weighted by molar-refractivity contribution is 0.271. The fourth-order valence-corrected chi connectivity index (χ4v) is 2.29. The molecule has 0 spiro atoms. The standard InChI is InChI=1S/C12H14Cl2FNO/c1-16-11-5-7(11)8-4-9(13)10(14)6-12(8)17-3-2-15/h4,6-7,11,16H,2-3,5H2,1H3. The summed E-state index contributed by atoms with van der Waals surface area (Å²) in [5, 5.41) is 4.15. The highest BCUT2D eigenvalue weighted by Gasteiger charge is 2.39. The summed E-state index contributed by atoms with van der Waals surface area (Å²) in [6, 6.07) is 3.93. The fraction of sp³-hybridized carbons (Fsp3) is 0.500. The maximum absolute atomic E-state index is 12.2. The molecule has 0 aliphatic heterocycles. The number of hydrogen-bond acceptors (Lipinski definition) is 2. The number of ether oxygens (including phenoxy) is 1. The zero-order valence-electron chi connectivity index (χ0n) is 9.47. The van der Waals surface area contributed by atoms with Gasteiger partial charge in [-0.1, -0.05) is 23.2 Å². The van der Waals surface area contributed by atoms with Crippen LogP contribution in [0.25, 0.3) is 0 Å². The minimum atomic E-state index is -0.514. The Morgan fingerprint density at radius 3 is 2.71 bits per heavy atom. The monoisotopic (exact) mass is 277 g/mol. The predicted octanol–water partition coefficient (Wildman–Crippen LogP) is 3.42. The van der Waals surface area contributed by atoms with Crippen molar-refractivity contribution in [2.45, 2.75) is 18.4 Å². The van der Waals surface area contributed by atoms with E-state index in [4.69, 9.17) is 27.9 Å². The highest BCUT2D eigenvalue weighted by molar-refractivity contribution is 6.42. The van der Waals surface area contributed by atoms with Crippen LogP contribution in [0.5, 0.6) is 5.75 Å². The lowest BCUT2D eigenvalue weighted by Gasteiger charge is -2.12. The maximum Gasteiger partial charge on any atom is 0.124 e. The molecule has 0 heterocycles. The van der Waals surface area contributed by atoms with Crippen LogP contribution in [0.1, 0.15) is 17.9 Å². The first kappa shape index (κ1) is 12.9. The number of alkyl halides is 1. The summed E-state index contributed by atoms with van der Waals surface area (Å²) in [6.07, 6.45) is 1.04. The normalized spacial score (nSPS) is 22.6. The van der Waals surface area contributed by atoms with Crippen molar-refractivity contribution in [1.82, 2.24) is 5.32 Å². The largest absolute Gasteiger partial charge is 0.491 e. The molecule has 0 amide bonds. The molecule has 2 atom stereocenters. The molecule has 94 valence electrons. The molecule has 1 fully saturated rings. The van der Waals surface area contributed by atoms with E-state index in [1.807, 2.05) is 13.1 Å². The van der Waals surface area contributed by atoms with Crippen molar-refractivity contribution in [1.29, 1.82) is 0 Å². The first-order chi connectivity index (χ1) is 8.17. The Labute approximate surface area is 110 Å². The van der Waals surface area contributed by atoms with Crippen LogP contribution in [0.2, 0.25) is 10.0 Å². The molecule has 2 nitrogen and oxygen atoms in total. The Morgan fingerprint density at radius 2 is 2.12 bits per heavy atom. The predicted molar refractivity (Wildman–Crippen MR) is 68.1 cm³/mol. The van der Waals surface area contributed by atoms with Crippen molar-refractivity contribution in [3.8, 4) is 5.75 Å². The van der Waals surface area contributed by atoms with Crippen LogP contribution < -0.4 is 10.1 Å². The SMILES string of the molecule is CNC1CC1c1cc(Cl)c(Cl)cc1OCCF. The summed E-state index contributed by atoms with van der Waals surface area (Å²) in [7, 11) is 1.92. The topological polar surface area (TPSA) is 21.3 Å². The van der Waals surface area contributed by atoms with E-state index in [2.05, 4.69) is 5.32 Å². The van der Waals surface area contributed by atoms with Crippen LogP contribution in [-0.4, -0.2) is 26.4 Å². The van der Waals surface area contributed by atoms with Gasteiger partial charge in [0.25, 0.3) is 0 Å². The smallest absolute Gasteiger partial charge is 0.124 e. The molecule has 0 bridgehead atoms. The third-order valence-electron chi connectivity index (χ3n) is 2.95. The van der Waals surface area contributed by atoms with Gasteiger partial charge in [0.1, 0.15) is 19.0 Å². The second kappa shape index (κ2) is 5.42. The highest BCUT2D eigenvalue weighted by atomic mass is 35.5. The fourth-order valence-electron chi connectivity index (χ4n) is 1.97. The van der Waals surface area contributed by atoms with Gasteiger partial charge in [0.15, 0.2) is 0 Å². The second-order valence-corrected chi connectivity index (χ2v) is 4.89. The molecule has 1 aromatic rings. The van der Waals surface area contributed by atoms with Crippen molar-refractivity contribution >= 4 is 23.2 Å². The van der Waals surface area contributed by atoms with Crippen molar-refractivity contribution in [2.24, 2.45) is 0 Å². The summed E-state index contributed by atoms with van der Waals surface area (Å²) in [5.74, 6) is 1.02. The van der Waals surface area contributed by atoms with E-state index in [0.717, 1.165) is 12.0 Å². The second-order valence-electron chi connectivity index (χ2n) is 4.08. The molecule has 1 N–H and O–H groups in total. The first-order valence-corrected chi connectivity index (χ1v) is 6.28. The van der Waals surface area contributed by atoms with Gasteiger partial charge in [0, 0.05) is 23.6 Å². The molecule has 1 saturated carbocycles. The molecule has 1 aromatic carbocycles. The van der Waals surface area contributed by atoms with E-state index in [1.165, 1.54) is 0 Å². The quantitative estimate of drug-likeness (QED) is 0.891. The van der Waals surface area contributed by atoms with Crippen LogP contribution in [0.3, 0.4) is 0 Å². The number of hydrogen-bond donors (Lipinski definition) is 1. The van der Waals surface area contributed by atoms with Gasteiger partial charge < -0.3 is 10.1 Å². The van der Waals surface area contributed by atoms with Gasteiger partial charge in [-0.05, 0) is 19.5 Å². The minimum Gasteiger partial charge on any atom is -0.491 e. The van der Waals surface area contributed by atoms with Crippen LogP contribution in [0, 0.1) is 0 Å². The third-order valence-corrected chi connectivity index (χ3v) is 3.67. The van der Waals surface area contributed by atoms with Gasteiger partial charge in [0.2, 0.25) is 0 Å². The van der Waals surface area contributed by atoms with E-state index in [0.29, 0.717) is 27.8 Å². The van der Waals surface area contributed by atoms with Crippen molar-refractivity contribution in [3.05, 3.63) is 27.7 Å². The average molecular weight is 278 g/mol. The number of halogens is 3. The zero-order valence-corrected chi connectivity index (χ0v) is 11.0. The van der Waals surface area contributed by atoms with Crippen LogP contribution in [0.15, 0.2) is 12.1 Å². The molecule has 0 aromatic heterocycles. The highest BCUT2D eigenvalue weighted by Crippen LogP contribution is 2.46. The van der Waals surface area contributed by atoms with Crippen molar-refractivity contribution < 1.29 is 9.13 Å². The molecular weight excluding hydrogens is 264 g/mol. The molecule has 0 radical (unpaired) electrons. The van der Waals surface area contributed by atoms with Gasteiger partial charge in [-0.2, -0.15) is 0 Å². The number of likely N-dealkylation sites (N-methyl/N-ethyl adjacent to an activating group) is 1. The van der Waals surface area contributed by atoms with Crippen molar-refractivity contribution in [2.75, 3.05) is 20.3 Å². The lowest BCUT2D eigenvalue weighted by Crippen LogP contribution is -2.11. The van der Waals surface area contributed by atoms with Crippen LogP contribution >= 0.6 is 23.2 Å². The first-order valence-electron chi connectivity index (χ1n) is 5.52. The average Bonchev–Trinajstić information content (AvgIpc) is 3.09. The molecule has 2 rings (SSSR count). The molecular formula is C12H14Cl2FNO. The maximum atomic E-state index is 12.2.